The molecule has 1 heterocycles. The first kappa shape index (κ1) is 23.0. The molecular formula is C24H20FN3O5S. The second-order valence-electron chi connectivity index (χ2n) is 7.32. The number of sulfonamides is 1. The number of nitrogens with zero attached hydrogens (tertiary/aromatic N) is 1. The molecule has 1 amide bonds. The second-order valence-corrected chi connectivity index (χ2v) is 8.99. The van der Waals surface area contributed by atoms with E-state index in [9.17, 15) is 17.6 Å². The summed E-state index contributed by atoms with van der Waals surface area (Å²) in [6, 6.07) is 18.0. The van der Waals surface area contributed by atoms with E-state index in [4.69, 9.17) is 9.15 Å². The molecule has 0 unspecified atom stereocenters. The Hall–Kier alpha value is -4.18. The van der Waals surface area contributed by atoms with Gasteiger partial charge in [-0.2, -0.15) is 13.2 Å². The molecule has 4 aromatic rings. The number of amides is 1. The van der Waals surface area contributed by atoms with E-state index in [-0.39, 0.29) is 21.6 Å². The van der Waals surface area contributed by atoms with Crippen LogP contribution in [0.5, 0.6) is 5.75 Å². The predicted molar refractivity (Wildman–Crippen MR) is 124 cm³/mol. The highest BCUT2D eigenvalue weighted by molar-refractivity contribution is 7.89. The van der Waals surface area contributed by atoms with Crippen molar-refractivity contribution >= 4 is 32.6 Å². The van der Waals surface area contributed by atoms with Crippen LogP contribution in [0, 0.1) is 12.7 Å². The normalized spacial score (nSPS) is 11.9. The molecule has 0 saturated carbocycles. The lowest BCUT2D eigenvalue weighted by atomic mass is 10.1. The molecule has 0 atom stereocenters. The number of carbonyl (C=O) groups is 1. The molecule has 0 bridgehead atoms. The van der Waals surface area contributed by atoms with Crippen molar-refractivity contribution in [1.82, 2.24) is 4.83 Å². The van der Waals surface area contributed by atoms with Crippen molar-refractivity contribution in [3.8, 4) is 5.75 Å². The van der Waals surface area contributed by atoms with Crippen LogP contribution in [-0.2, 0) is 10.0 Å². The highest BCUT2D eigenvalue weighted by Crippen LogP contribution is 2.25. The van der Waals surface area contributed by atoms with E-state index in [2.05, 4.69) is 15.2 Å². The SMILES string of the molecule is COc1cccc2cc(C(=O)Nc3ccc(F)cc3)c(=NNS(=O)(=O)c3ccc(C)cc3)oc12. The Balaban J connectivity index is 1.79. The summed E-state index contributed by atoms with van der Waals surface area (Å²) in [7, 11) is -2.58. The van der Waals surface area contributed by atoms with Gasteiger partial charge in [0.25, 0.3) is 15.9 Å². The van der Waals surface area contributed by atoms with Crippen LogP contribution in [0.1, 0.15) is 15.9 Å². The van der Waals surface area contributed by atoms with Crippen LogP contribution in [0.3, 0.4) is 0 Å². The zero-order chi connectivity index (χ0) is 24.3. The Morgan fingerprint density at radius 3 is 2.41 bits per heavy atom. The van der Waals surface area contributed by atoms with Crippen molar-refractivity contribution in [2.75, 3.05) is 12.4 Å². The highest BCUT2D eigenvalue weighted by Gasteiger charge is 2.17. The van der Waals surface area contributed by atoms with Gasteiger partial charge in [0.05, 0.1) is 12.0 Å². The molecule has 0 saturated heterocycles. The fraction of sp³-hybridized carbons (Fsp3) is 0.0833. The van der Waals surface area contributed by atoms with Crippen LogP contribution in [0.4, 0.5) is 10.1 Å². The van der Waals surface area contributed by atoms with Gasteiger partial charge in [-0.1, -0.05) is 29.8 Å². The van der Waals surface area contributed by atoms with Crippen molar-refractivity contribution in [3.05, 3.63) is 95.3 Å². The molecule has 0 aliphatic heterocycles. The second kappa shape index (κ2) is 9.36. The van der Waals surface area contributed by atoms with E-state index < -0.39 is 21.7 Å². The quantitative estimate of drug-likeness (QED) is 0.406. The summed E-state index contributed by atoms with van der Waals surface area (Å²) in [5, 5.41) is 7.05. The van der Waals surface area contributed by atoms with E-state index in [1.165, 1.54) is 49.6 Å². The number of anilines is 1. The fourth-order valence-corrected chi connectivity index (χ4v) is 3.94. The maximum Gasteiger partial charge on any atom is 0.276 e. The molecule has 34 heavy (non-hydrogen) atoms. The molecule has 0 radical (unpaired) electrons. The van der Waals surface area contributed by atoms with Crippen LogP contribution in [0.15, 0.2) is 87.2 Å². The van der Waals surface area contributed by atoms with Crippen LogP contribution in [-0.4, -0.2) is 21.4 Å². The number of fused-ring (bicyclic) bond motifs is 1. The number of carbonyl (C=O) groups excluding carboxylic acids is 1. The molecule has 1 aromatic heterocycles. The molecule has 0 aliphatic rings. The predicted octanol–water partition coefficient (Wildman–Crippen LogP) is 3.94. The lowest BCUT2D eigenvalue weighted by molar-refractivity contribution is 0.102. The molecule has 3 aromatic carbocycles. The van der Waals surface area contributed by atoms with E-state index in [1.807, 2.05) is 6.92 Å². The third-order valence-corrected chi connectivity index (χ3v) is 6.13. The van der Waals surface area contributed by atoms with Crippen molar-refractivity contribution in [2.45, 2.75) is 11.8 Å². The number of rotatable bonds is 6. The number of benzene rings is 3. The monoisotopic (exact) mass is 481 g/mol. The van der Waals surface area contributed by atoms with Gasteiger partial charge in [0.15, 0.2) is 11.3 Å². The zero-order valence-corrected chi connectivity index (χ0v) is 19.0. The lowest BCUT2D eigenvalue weighted by Gasteiger charge is -2.09. The Bertz CT molecular complexity index is 1530. The van der Waals surface area contributed by atoms with Crippen molar-refractivity contribution < 1.29 is 26.8 Å². The molecule has 174 valence electrons. The molecule has 10 heteroatoms. The Morgan fingerprint density at radius 2 is 1.74 bits per heavy atom. The van der Waals surface area contributed by atoms with Crippen LogP contribution < -0.4 is 20.4 Å². The van der Waals surface area contributed by atoms with E-state index in [1.54, 1.807) is 30.3 Å². The van der Waals surface area contributed by atoms with Crippen LogP contribution in [0.2, 0.25) is 0 Å². The molecular weight excluding hydrogens is 461 g/mol. The molecule has 2 N–H and O–H groups in total. The number of ether oxygens (including phenoxy) is 1. The van der Waals surface area contributed by atoms with Gasteiger partial charge in [-0.15, -0.1) is 5.10 Å². The molecule has 0 fully saturated rings. The van der Waals surface area contributed by atoms with Gasteiger partial charge >= 0.3 is 0 Å². The summed E-state index contributed by atoms with van der Waals surface area (Å²) in [5.74, 6) is -0.707. The fourth-order valence-electron chi connectivity index (χ4n) is 3.13. The highest BCUT2D eigenvalue weighted by atomic mass is 32.2. The summed E-state index contributed by atoms with van der Waals surface area (Å²) in [5.41, 5.74) is 1.18. The number of aryl methyl sites for hydroxylation is 1. The van der Waals surface area contributed by atoms with Gasteiger partial charge in [0, 0.05) is 11.1 Å². The van der Waals surface area contributed by atoms with Gasteiger partial charge in [-0.25, -0.2) is 4.39 Å². The maximum absolute atomic E-state index is 13.2. The summed E-state index contributed by atoms with van der Waals surface area (Å²) >= 11 is 0. The van der Waals surface area contributed by atoms with Crippen LogP contribution in [0.25, 0.3) is 11.0 Å². The minimum Gasteiger partial charge on any atom is -0.493 e. The van der Waals surface area contributed by atoms with Gasteiger partial charge in [0.1, 0.15) is 11.4 Å². The molecule has 0 spiro atoms. The summed E-state index contributed by atoms with van der Waals surface area (Å²) in [4.78, 5) is 15.1. The smallest absolute Gasteiger partial charge is 0.276 e. The molecule has 8 nitrogen and oxygen atoms in total. The number of methoxy groups -OCH3 is 1. The van der Waals surface area contributed by atoms with E-state index in [0.29, 0.717) is 16.8 Å². The number of para-hydroxylation sites is 1. The van der Waals surface area contributed by atoms with E-state index in [0.717, 1.165) is 5.56 Å². The Labute approximate surface area is 194 Å². The van der Waals surface area contributed by atoms with Gasteiger partial charge in [-0.3, -0.25) is 4.79 Å². The third-order valence-electron chi connectivity index (χ3n) is 4.90. The Kier molecular flexibility index (Phi) is 6.33. The average molecular weight is 482 g/mol. The number of hydrogen-bond donors (Lipinski definition) is 2. The number of hydrogen-bond acceptors (Lipinski definition) is 6. The first-order valence-corrected chi connectivity index (χ1v) is 11.5. The largest absolute Gasteiger partial charge is 0.493 e. The molecule has 4 rings (SSSR count). The topological polar surface area (TPSA) is 110 Å². The number of nitrogens with one attached hydrogen (secondary N) is 2. The summed E-state index contributed by atoms with van der Waals surface area (Å²) in [6.07, 6.45) is 0. The first-order valence-electron chi connectivity index (χ1n) is 10.1. The van der Waals surface area contributed by atoms with Crippen molar-refractivity contribution in [2.24, 2.45) is 5.10 Å². The minimum atomic E-state index is -4.03. The first-order chi connectivity index (χ1) is 16.3. The summed E-state index contributed by atoms with van der Waals surface area (Å²) in [6.45, 7) is 1.83. The average Bonchev–Trinajstić information content (AvgIpc) is 2.83. The summed E-state index contributed by atoms with van der Waals surface area (Å²) < 4.78 is 49.7. The zero-order valence-electron chi connectivity index (χ0n) is 18.2. The third kappa shape index (κ3) is 4.91. The molecule has 0 aliphatic carbocycles. The van der Waals surface area contributed by atoms with Gasteiger partial charge in [-0.05, 0) is 55.5 Å². The van der Waals surface area contributed by atoms with E-state index >= 15 is 0 Å². The Morgan fingerprint density at radius 1 is 1.03 bits per heavy atom. The van der Waals surface area contributed by atoms with Gasteiger partial charge < -0.3 is 14.5 Å². The van der Waals surface area contributed by atoms with Gasteiger partial charge in [0.2, 0.25) is 5.55 Å². The maximum atomic E-state index is 13.2. The van der Waals surface area contributed by atoms with Crippen LogP contribution >= 0.6 is 0 Å². The standard InChI is InChI=1S/C24H20FN3O5S/c1-15-6-12-19(13-7-15)34(30,31)28-27-24-20(23(29)26-18-10-8-17(25)9-11-18)14-16-4-3-5-21(32-2)22(16)33-24/h3-14,28H,1-2H3,(H,26,29). The minimum absolute atomic E-state index is 0.00228. The lowest BCUT2D eigenvalue weighted by Crippen LogP contribution is -2.27. The van der Waals surface area contributed by atoms with Crippen molar-refractivity contribution in [3.63, 3.8) is 0 Å². The van der Waals surface area contributed by atoms with Crippen molar-refractivity contribution in [1.29, 1.82) is 0 Å². The number of halogens is 1.